The predicted octanol–water partition coefficient (Wildman–Crippen LogP) is 3.58. The first kappa shape index (κ1) is 14.3. The van der Waals surface area contributed by atoms with Crippen molar-refractivity contribution in [1.82, 2.24) is 14.8 Å². The van der Waals surface area contributed by atoms with E-state index in [1.165, 1.54) is 11.3 Å². The molecule has 108 valence electrons. The van der Waals surface area contributed by atoms with Crippen LogP contribution in [0.4, 0.5) is 0 Å². The van der Waals surface area contributed by atoms with Gasteiger partial charge in [-0.15, -0.1) is 0 Å². The number of nitrogens with zero attached hydrogens (tertiary/aromatic N) is 3. The molecule has 5 nitrogen and oxygen atoms in total. The van der Waals surface area contributed by atoms with E-state index in [9.17, 15) is 4.79 Å². The summed E-state index contributed by atoms with van der Waals surface area (Å²) in [4.78, 5) is 15.6. The van der Waals surface area contributed by atoms with Crippen LogP contribution in [-0.4, -0.2) is 27.1 Å². The van der Waals surface area contributed by atoms with Crippen molar-refractivity contribution in [2.75, 3.05) is 7.11 Å². The molecule has 3 aromatic rings. The zero-order valence-corrected chi connectivity index (χ0v) is 13.2. The number of carbonyl (C=O) groups is 1. The van der Waals surface area contributed by atoms with E-state index in [2.05, 4.69) is 10.1 Å². The van der Waals surface area contributed by atoms with E-state index in [1.54, 1.807) is 11.8 Å². The number of hydrogen-bond donors (Lipinski definition) is 0. The number of methoxy groups -OCH3 is 1. The molecule has 0 radical (unpaired) electrons. The van der Waals surface area contributed by atoms with E-state index in [-0.39, 0.29) is 5.69 Å². The standard InChI is InChI=1S/C13H9Cl2N3O2S/c1-20-8-4-2-7(3-5-8)6-18-12-10(21-13(15)16-12)9(17-18)11(14)19/h2-5H,6H2,1H3. The molecular weight excluding hydrogens is 333 g/mol. The van der Waals surface area contributed by atoms with Gasteiger partial charge < -0.3 is 4.74 Å². The van der Waals surface area contributed by atoms with Crippen LogP contribution in [0.5, 0.6) is 5.75 Å². The Kier molecular flexibility index (Phi) is 3.84. The zero-order valence-electron chi connectivity index (χ0n) is 10.8. The highest BCUT2D eigenvalue weighted by Crippen LogP contribution is 2.30. The van der Waals surface area contributed by atoms with Crippen molar-refractivity contribution < 1.29 is 9.53 Å². The summed E-state index contributed by atoms with van der Waals surface area (Å²) in [5, 5.41) is 3.60. The van der Waals surface area contributed by atoms with Crippen LogP contribution in [0.1, 0.15) is 16.1 Å². The normalized spacial score (nSPS) is 11.0. The molecule has 0 bridgehead atoms. The van der Waals surface area contributed by atoms with Crippen LogP contribution in [0.2, 0.25) is 4.47 Å². The Hall–Kier alpha value is -1.63. The fourth-order valence-corrected chi connectivity index (χ4v) is 3.24. The average Bonchev–Trinajstić information content (AvgIpc) is 2.98. The molecule has 0 spiro atoms. The number of hydrogen-bond acceptors (Lipinski definition) is 5. The third-order valence-corrected chi connectivity index (χ3v) is 4.28. The van der Waals surface area contributed by atoms with Crippen molar-refractivity contribution in [1.29, 1.82) is 0 Å². The van der Waals surface area contributed by atoms with Gasteiger partial charge in [0.2, 0.25) is 0 Å². The highest BCUT2D eigenvalue weighted by Gasteiger charge is 2.19. The highest BCUT2D eigenvalue weighted by atomic mass is 35.5. The van der Waals surface area contributed by atoms with Gasteiger partial charge in [0.25, 0.3) is 5.24 Å². The Morgan fingerprint density at radius 1 is 1.38 bits per heavy atom. The first-order valence-electron chi connectivity index (χ1n) is 5.94. The van der Waals surface area contributed by atoms with Gasteiger partial charge in [-0.05, 0) is 29.3 Å². The van der Waals surface area contributed by atoms with Crippen molar-refractivity contribution >= 4 is 50.1 Å². The van der Waals surface area contributed by atoms with E-state index in [0.717, 1.165) is 11.3 Å². The number of fused-ring (bicyclic) bond motifs is 1. The van der Waals surface area contributed by atoms with Crippen molar-refractivity contribution in [3.8, 4) is 5.75 Å². The Morgan fingerprint density at radius 2 is 2.10 bits per heavy atom. The Morgan fingerprint density at radius 3 is 2.71 bits per heavy atom. The fraction of sp³-hybridized carbons (Fsp3) is 0.154. The molecule has 21 heavy (non-hydrogen) atoms. The number of halogens is 2. The Labute approximate surface area is 134 Å². The molecule has 0 atom stereocenters. The van der Waals surface area contributed by atoms with Crippen LogP contribution in [-0.2, 0) is 6.54 Å². The summed E-state index contributed by atoms with van der Waals surface area (Å²) in [7, 11) is 1.61. The summed E-state index contributed by atoms with van der Waals surface area (Å²) >= 11 is 12.7. The molecule has 0 saturated carbocycles. The third-order valence-electron chi connectivity index (χ3n) is 2.94. The highest BCUT2D eigenvalue weighted by molar-refractivity contribution is 7.22. The van der Waals surface area contributed by atoms with E-state index in [1.807, 2.05) is 24.3 Å². The summed E-state index contributed by atoms with van der Waals surface area (Å²) < 4.78 is 7.69. The summed E-state index contributed by atoms with van der Waals surface area (Å²) in [5.41, 5.74) is 1.74. The van der Waals surface area contributed by atoms with Crippen LogP contribution in [0.15, 0.2) is 24.3 Å². The number of carbonyl (C=O) groups excluding carboxylic acids is 1. The molecule has 2 heterocycles. The maximum Gasteiger partial charge on any atom is 0.274 e. The largest absolute Gasteiger partial charge is 0.497 e. The summed E-state index contributed by atoms with van der Waals surface area (Å²) in [5.74, 6) is 0.776. The zero-order chi connectivity index (χ0) is 15.0. The topological polar surface area (TPSA) is 57.0 Å². The molecule has 0 aliphatic rings. The first-order valence-corrected chi connectivity index (χ1v) is 7.51. The first-order chi connectivity index (χ1) is 10.1. The number of benzene rings is 1. The molecule has 0 aliphatic carbocycles. The average molecular weight is 342 g/mol. The van der Waals surface area contributed by atoms with E-state index in [4.69, 9.17) is 27.9 Å². The minimum absolute atomic E-state index is 0.185. The van der Waals surface area contributed by atoms with Crippen molar-refractivity contribution in [2.45, 2.75) is 6.54 Å². The second-order valence-corrected chi connectivity index (χ2v) is 6.17. The quantitative estimate of drug-likeness (QED) is 0.680. The molecule has 0 saturated heterocycles. The van der Waals surface area contributed by atoms with Crippen molar-refractivity contribution in [2.24, 2.45) is 0 Å². The minimum atomic E-state index is -0.617. The van der Waals surface area contributed by atoms with E-state index in [0.29, 0.717) is 21.4 Å². The van der Waals surface area contributed by atoms with Crippen molar-refractivity contribution in [3.05, 3.63) is 40.0 Å². The SMILES string of the molecule is COc1ccc(Cn2nc(C(=O)Cl)c3sc(Cl)nc32)cc1. The smallest absolute Gasteiger partial charge is 0.274 e. The van der Waals surface area contributed by atoms with Gasteiger partial charge in [-0.2, -0.15) is 5.10 Å². The number of rotatable bonds is 4. The maximum atomic E-state index is 11.4. The maximum absolute atomic E-state index is 11.4. The lowest BCUT2D eigenvalue weighted by Crippen LogP contribution is -2.03. The van der Waals surface area contributed by atoms with Crippen LogP contribution < -0.4 is 4.74 Å². The lowest BCUT2D eigenvalue weighted by atomic mass is 10.2. The predicted molar refractivity (Wildman–Crippen MR) is 82.7 cm³/mol. The minimum Gasteiger partial charge on any atom is -0.497 e. The van der Waals surface area contributed by atoms with Gasteiger partial charge in [-0.3, -0.25) is 4.79 Å². The molecule has 0 fully saturated rings. The summed E-state index contributed by atoms with van der Waals surface area (Å²) in [6.07, 6.45) is 0. The van der Waals surface area contributed by atoms with Gasteiger partial charge in [-0.25, -0.2) is 9.67 Å². The molecule has 0 unspecified atom stereocenters. The molecule has 1 aromatic carbocycles. The molecule has 2 aromatic heterocycles. The lowest BCUT2D eigenvalue weighted by molar-refractivity contribution is 0.107. The van der Waals surface area contributed by atoms with Crippen LogP contribution >= 0.6 is 34.5 Å². The van der Waals surface area contributed by atoms with Crippen LogP contribution in [0.25, 0.3) is 10.3 Å². The third kappa shape index (κ3) is 2.74. The Bertz CT molecular complexity index is 811. The van der Waals surface area contributed by atoms with Gasteiger partial charge in [0.1, 0.15) is 10.4 Å². The fourth-order valence-electron chi connectivity index (χ4n) is 1.97. The Balaban J connectivity index is 2.01. The van der Waals surface area contributed by atoms with E-state index >= 15 is 0 Å². The van der Waals surface area contributed by atoms with Crippen LogP contribution in [0, 0.1) is 0 Å². The second-order valence-electron chi connectivity index (χ2n) is 4.25. The number of aromatic nitrogens is 3. The molecule has 0 amide bonds. The lowest BCUT2D eigenvalue weighted by Gasteiger charge is -2.04. The molecule has 8 heteroatoms. The summed E-state index contributed by atoms with van der Waals surface area (Å²) in [6.45, 7) is 0.463. The van der Waals surface area contributed by atoms with Gasteiger partial charge in [0.15, 0.2) is 15.8 Å². The molecule has 3 rings (SSSR count). The monoisotopic (exact) mass is 341 g/mol. The van der Waals surface area contributed by atoms with Gasteiger partial charge in [0, 0.05) is 0 Å². The van der Waals surface area contributed by atoms with Gasteiger partial charge in [-0.1, -0.05) is 35.1 Å². The van der Waals surface area contributed by atoms with E-state index < -0.39 is 5.24 Å². The summed E-state index contributed by atoms with van der Waals surface area (Å²) in [6, 6.07) is 7.56. The second kappa shape index (κ2) is 5.63. The molecule has 0 N–H and O–H groups in total. The van der Waals surface area contributed by atoms with Crippen LogP contribution in [0.3, 0.4) is 0 Å². The van der Waals surface area contributed by atoms with Crippen molar-refractivity contribution in [3.63, 3.8) is 0 Å². The number of ether oxygens (including phenoxy) is 1. The van der Waals surface area contributed by atoms with Gasteiger partial charge >= 0.3 is 0 Å². The molecule has 0 aliphatic heterocycles. The molecular formula is C13H9Cl2N3O2S. The number of thiazole rings is 1. The van der Waals surface area contributed by atoms with Gasteiger partial charge in [0.05, 0.1) is 13.7 Å².